The molecule has 0 aliphatic heterocycles. The number of aliphatic imine (C=N–C) groups is 1. The lowest BCUT2D eigenvalue weighted by Gasteiger charge is -2.28. The van der Waals surface area contributed by atoms with Gasteiger partial charge in [0.2, 0.25) is 47.3 Å². The molecule has 0 fully saturated rings. The maximum Gasteiger partial charge on any atom is 0.326 e. The lowest BCUT2D eigenvalue weighted by atomic mass is 10.0. The number of carbonyl (C=O) groups excluding carboxylic acids is 8. The standard InChI is InChI=1S/C45H72N12O17/c1-22(2)16-29(54-39(68)28(12-14-36(64)65)52-38(67)27(11-13-35(62)63)53-42(71)32(20-58)50-34(61)19-46)40(69)51-26(6-5-15-49-45(47)48)37(66)57-33(21-59)43(72)55-30(17-23(3)4)41(70)56-31(44(73)74)18-24-7-9-25(60)10-8-24/h7-10,22-23,26-33,58-60H,5-6,11-21,46H2,1-4H3,(H,50,61)(H,51,69)(H,52,67)(H,53,71)(H,54,68)(H,55,72)(H,56,70)(H,57,66)(H,62,63)(H,64,65)(H,73,74)(H4,47,48,49)/t26-,27-,28-,29-,30-,31-,32-,33-/m0/s1. The molecule has 1 aromatic rings. The summed E-state index contributed by atoms with van der Waals surface area (Å²) < 4.78 is 0. The Morgan fingerprint density at radius 3 is 1.23 bits per heavy atom. The summed E-state index contributed by atoms with van der Waals surface area (Å²) in [5.41, 5.74) is 16.6. The molecule has 0 bridgehead atoms. The number of carboxylic acids is 3. The lowest BCUT2D eigenvalue weighted by molar-refractivity contribution is -0.142. The summed E-state index contributed by atoms with van der Waals surface area (Å²) in [7, 11) is 0. The fraction of sp³-hybridized carbons (Fsp3) is 0.600. The summed E-state index contributed by atoms with van der Waals surface area (Å²) in [5.74, 6) is -13.6. The molecule has 0 unspecified atom stereocenters. The zero-order valence-electron chi connectivity index (χ0n) is 41.6. The minimum absolute atomic E-state index is 0.0219. The number of rotatable bonds is 35. The van der Waals surface area contributed by atoms with Gasteiger partial charge in [0, 0.05) is 25.8 Å². The van der Waals surface area contributed by atoms with E-state index in [-0.39, 0.29) is 62.2 Å². The maximum absolute atomic E-state index is 14.1. The highest BCUT2D eigenvalue weighted by atomic mass is 16.4. The van der Waals surface area contributed by atoms with Crippen LogP contribution in [0.1, 0.15) is 84.6 Å². The van der Waals surface area contributed by atoms with Gasteiger partial charge in [-0.25, -0.2) is 4.79 Å². The van der Waals surface area contributed by atoms with Gasteiger partial charge in [-0.05, 0) is 68.1 Å². The van der Waals surface area contributed by atoms with Crippen LogP contribution in [0.3, 0.4) is 0 Å². The Hall–Kier alpha value is -7.66. The number of nitrogens with two attached hydrogens (primary N) is 3. The molecule has 0 saturated heterocycles. The van der Waals surface area contributed by atoms with Crippen LogP contribution in [-0.2, 0) is 59.2 Å². The number of hydrogen-bond donors (Lipinski definition) is 17. The largest absolute Gasteiger partial charge is 0.508 e. The molecule has 0 aliphatic rings. The van der Waals surface area contributed by atoms with Crippen LogP contribution in [0.15, 0.2) is 29.3 Å². The van der Waals surface area contributed by atoms with Crippen LogP contribution in [0.25, 0.3) is 0 Å². The number of nitrogens with zero attached hydrogens (tertiary/aromatic N) is 1. The van der Waals surface area contributed by atoms with E-state index in [9.17, 15) is 83.4 Å². The number of nitrogens with one attached hydrogen (secondary N) is 8. The van der Waals surface area contributed by atoms with Crippen molar-refractivity contribution < 1.29 is 83.4 Å². The molecule has 1 aromatic carbocycles. The van der Waals surface area contributed by atoms with Crippen molar-refractivity contribution in [2.75, 3.05) is 26.3 Å². The summed E-state index contributed by atoms with van der Waals surface area (Å²) >= 11 is 0. The molecule has 0 spiro atoms. The van der Waals surface area contributed by atoms with Gasteiger partial charge in [-0.15, -0.1) is 0 Å². The second-order valence-corrected chi connectivity index (χ2v) is 17.9. The van der Waals surface area contributed by atoms with E-state index in [2.05, 4.69) is 47.5 Å². The van der Waals surface area contributed by atoms with Crippen molar-refractivity contribution in [3.05, 3.63) is 29.8 Å². The van der Waals surface area contributed by atoms with Crippen LogP contribution < -0.4 is 59.7 Å². The van der Waals surface area contributed by atoms with Crippen LogP contribution in [-0.4, -0.2) is 176 Å². The number of hydrogen-bond acceptors (Lipinski definition) is 16. The minimum atomic E-state index is -1.76. The number of aliphatic hydroxyl groups is 2. The van der Waals surface area contributed by atoms with Gasteiger partial charge >= 0.3 is 17.9 Å². The van der Waals surface area contributed by atoms with E-state index in [0.29, 0.717) is 5.56 Å². The Balaban J connectivity index is 3.48. The normalized spacial score (nSPS) is 14.2. The Morgan fingerprint density at radius 2 is 0.865 bits per heavy atom. The molecule has 414 valence electrons. The third kappa shape index (κ3) is 25.1. The molecular weight excluding hydrogens is 981 g/mol. The number of benzene rings is 1. The number of aliphatic hydroxyl groups excluding tert-OH is 2. The lowest BCUT2D eigenvalue weighted by Crippen LogP contribution is -2.61. The number of carbonyl (C=O) groups is 11. The van der Waals surface area contributed by atoms with E-state index >= 15 is 0 Å². The van der Waals surface area contributed by atoms with Crippen LogP contribution in [0.2, 0.25) is 0 Å². The Labute approximate surface area is 426 Å². The third-order valence-electron chi connectivity index (χ3n) is 10.6. The van der Waals surface area contributed by atoms with Crippen LogP contribution in [0, 0.1) is 11.8 Å². The molecule has 20 N–H and O–H groups in total. The van der Waals surface area contributed by atoms with Gasteiger partial charge in [0.25, 0.3) is 0 Å². The molecule has 29 nitrogen and oxygen atoms in total. The third-order valence-corrected chi connectivity index (χ3v) is 10.6. The highest BCUT2D eigenvalue weighted by Crippen LogP contribution is 2.14. The fourth-order valence-electron chi connectivity index (χ4n) is 6.87. The summed E-state index contributed by atoms with van der Waals surface area (Å²) in [6.45, 7) is 4.12. The summed E-state index contributed by atoms with van der Waals surface area (Å²) in [6, 6.07) is -7.21. The first-order valence-electron chi connectivity index (χ1n) is 23.5. The summed E-state index contributed by atoms with van der Waals surface area (Å²) in [4.78, 5) is 147. The molecule has 0 saturated carbocycles. The van der Waals surface area contributed by atoms with Gasteiger partial charge < -0.3 is 90.4 Å². The van der Waals surface area contributed by atoms with Crippen molar-refractivity contribution >= 4 is 71.1 Å². The highest BCUT2D eigenvalue weighted by Gasteiger charge is 2.35. The Morgan fingerprint density at radius 1 is 0.514 bits per heavy atom. The van der Waals surface area contributed by atoms with Crippen molar-refractivity contribution in [3.8, 4) is 5.75 Å². The molecule has 8 amide bonds. The van der Waals surface area contributed by atoms with Gasteiger partial charge in [0.1, 0.15) is 54.1 Å². The maximum atomic E-state index is 14.1. The first-order chi connectivity index (χ1) is 34.7. The van der Waals surface area contributed by atoms with Crippen LogP contribution in [0.5, 0.6) is 5.75 Å². The second kappa shape index (κ2) is 33.1. The first-order valence-corrected chi connectivity index (χ1v) is 23.5. The molecule has 29 heteroatoms. The molecule has 0 radical (unpaired) electrons. The van der Waals surface area contributed by atoms with Gasteiger partial charge in [0.05, 0.1) is 19.8 Å². The van der Waals surface area contributed by atoms with E-state index in [1.807, 2.05) is 0 Å². The number of carboxylic acid groups (broad SMARTS) is 3. The topological polar surface area (TPSA) is 496 Å². The molecule has 0 aliphatic carbocycles. The van der Waals surface area contributed by atoms with E-state index in [1.54, 1.807) is 27.7 Å². The van der Waals surface area contributed by atoms with E-state index in [0.717, 1.165) is 0 Å². The molecule has 0 aromatic heterocycles. The molecule has 0 heterocycles. The van der Waals surface area contributed by atoms with Crippen molar-refractivity contribution in [3.63, 3.8) is 0 Å². The number of phenols is 1. The van der Waals surface area contributed by atoms with Gasteiger partial charge in [0.15, 0.2) is 5.96 Å². The van der Waals surface area contributed by atoms with Crippen molar-refractivity contribution in [2.45, 2.75) is 134 Å². The average Bonchev–Trinajstić information content (AvgIpc) is 3.32. The van der Waals surface area contributed by atoms with Crippen molar-refractivity contribution in [1.82, 2.24) is 42.5 Å². The van der Waals surface area contributed by atoms with Gasteiger partial charge in [-0.1, -0.05) is 39.8 Å². The predicted octanol–water partition coefficient (Wildman–Crippen LogP) is -5.28. The van der Waals surface area contributed by atoms with Crippen molar-refractivity contribution in [1.29, 1.82) is 0 Å². The minimum Gasteiger partial charge on any atom is -0.508 e. The SMILES string of the molecule is CC(C)C[C@H](NC(=O)[C@H](CO)NC(=O)[C@H](CCCN=C(N)N)NC(=O)[C@H](CC(C)C)NC(=O)[C@H](CCC(=O)O)NC(=O)[C@H](CCC(=O)O)NC(=O)[C@H](CO)NC(=O)CN)C(=O)N[C@@H](Cc1ccc(O)cc1)C(=O)O. The van der Waals surface area contributed by atoms with E-state index in [1.165, 1.54) is 24.3 Å². The fourth-order valence-corrected chi connectivity index (χ4v) is 6.87. The molecule has 8 atom stereocenters. The molecule has 1 rings (SSSR count). The predicted molar refractivity (Wildman–Crippen MR) is 261 cm³/mol. The molecular formula is C45H72N12O17. The van der Waals surface area contributed by atoms with Gasteiger partial charge in [-0.2, -0.15) is 0 Å². The zero-order valence-corrected chi connectivity index (χ0v) is 41.6. The number of aliphatic carboxylic acids is 3. The number of amides is 8. The first kappa shape index (κ1) is 64.4. The number of phenolic OH excluding ortho intramolecular Hbond substituents is 1. The van der Waals surface area contributed by atoms with E-state index < -0.39 is 159 Å². The monoisotopic (exact) mass is 1050 g/mol. The van der Waals surface area contributed by atoms with Crippen molar-refractivity contribution in [2.24, 2.45) is 34.0 Å². The van der Waals surface area contributed by atoms with E-state index in [4.69, 9.17) is 17.2 Å². The summed E-state index contributed by atoms with van der Waals surface area (Å²) in [6.07, 6.45) is -3.17. The number of aromatic hydroxyl groups is 1. The quantitative estimate of drug-likeness (QED) is 0.0172. The van der Waals surface area contributed by atoms with Crippen LogP contribution in [0.4, 0.5) is 0 Å². The molecule has 74 heavy (non-hydrogen) atoms. The second-order valence-electron chi connectivity index (χ2n) is 17.9. The van der Waals surface area contributed by atoms with Crippen LogP contribution >= 0.6 is 0 Å². The number of guanidine groups is 1. The Bertz CT molecular complexity index is 2120. The average molecular weight is 1050 g/mol. The smallest absolute Gasteiger partial charge is 0.326 e. The van der Waals surface area contributed by atoms with Gasteiger partial charge in [-0.3, -0.25) is 52.9 Å². The summed E-state index contributed by atoms with van der Waals surface area (Å²) in [5, 5.41) is 76.9. The highest BCUT2D eigenvalue weighted by molar-refractivity contribution is 5.98. The zero-order chi connectivity index (χ0) is 56.2. The Kier molecular flexibility index (Phi) is 28.8.